The van der Waals surface area contributed by atoms with Crippen LogP contribution in [0.5, 0.6) is 0 Å². The van der Waals surface area contributed by atoms with Gasteiger partial charge in [-0.15, -0.1) is 0 Å². The van der Waals surface area contributed by atoms with Crippen LogP contribution in [0.15, 0.2) is 0 Å². The summed E-state index contributed by atoms with van der Waals surface area (Å²) in [6.07, 6.45) is -0.146. The summed E-state index contributed by atoms with van der Waals surface area (Å²) in [4.78, 5) is 36.5. The Bertz CT molecular complexity index is 496. The molecule has 0 aromatic carbocycles. The third kappa shape index (κ3) is 7.11. The highest BCUT2D eigenvalue weighted by molar-refractivity contribution is 5.92. The van der Waals surface area contributed by atoms with Gasteiger partial charge in [-0.1, -0.05) is 13.8 Å². The molecular formula is C18H34N4O4. The van der Waals surface area contributed by atoms with Gasteiger partial charge in [0.1, 0.15) is 0 Å². The summed E-state index contributed by atoms with van der Waals surface area (Å²) in [5, 5.41) is 19.1. The predicted octanol–water partition coefficient (Wildman–Crippen LogP) is -1.05. The molecule has 150 valence electrons. The number of hydrogen-bond acceptors (Lipinski definition) is 7. The van der Waals surface area contributed by atoms with Crippen LogP contribution in [0.1, 0.15) is 40.5 Å². The van der Waals surface area contributed by atoms with E-state index in [0.717, 1.165) is 13.0 Å². The molecule has 2 unspecified atom stereocenters. The van der Waals surface area contributed by atoms with Gasteiger partial charge in [-0.2, -0.15) is 0 Å². The van der Waals surface area contributed by atoms with Gasteiger partial charge < -0.3 is 26.8 Å². The van der Waals surface area contributed by atoms with Crippen molar-refractivity contribution in [2.45, 2.75) is 64.8 Å². The number of amides is 1. The SMILES string of the molecule is CC(=O)[C@H](CN)NC(=O)[C@@H](CC(=O)C1CNCC(CC(C)C)N1)[C@H](C)O. The molecule has 0 saturated carbocycles. The highest BCUT2D eigenvalue weighted by Crippen LogP contribution is 2.14. The lowest BCUT2D eigenvalue weighted by Gasteiger charge is -2.33. The van der Waals surface area contributed by atoms with Crippen LogP contribution in [0.4, 0.5) is 0 Å². The Kier molecular flexibility index (Phi) is 9.35. The summed E-state index contributed by atoms with van der Waals surface area (Å²) in [5.74, 6) is -1.31. The predicted molar refractivity (Wildman–Crippen MR) is 99.5 cm³/mol. The summed E-state index contributed by atoms with van der Waals surface area (Å²) >= 11 is 0. The van der Waals surface area contributed by atoms with Crippen LogP contribution in [0.25, 0.3) is 0 Å². The first-order valence-electron chi connectivity index (χ1n) is 9.34. The van der Waals surface area contributed by atoms with Crippen molar-refractivity contribution >= 4 is 17.5 Å². The van der Waals surface area contributed by atoms with Crippen LogP contribution in [0.2, 0.25) is 0 Å². The van der Waals surface area contributed by atoms with Crippen LogP contribution in [0, 0.1) is 11.8 Å². The van der Waals surface area contributed by atoms with E-state index in [1.54, 1.807) is 0 Å². The first-order chi connectivity index (χ1) is 12.1. The van der Waals surface area contributed by atoms with Gasteiger partial charge in [-0.3, -0.25) is 14.4 Å². The molecule has 8 heteroatoms. The van der Waals surface area contributed by atoms with Crippen molar-refractivity contribution < 1.29 is 19.5 Å². The Labute approximate surface area is 155 Å². The summed E-state index contributed by atoms with van der Waals surface area (Å²) in [6, 6.07) is -0.987. The molecule has 1 fully saturated rings. The van der Waals surface area contributed by atoms with Crippen LogP contribution < -0.4 is 21.7 Å². The third-order valence-electron chi connectivity index (χ3n) is 4.70. The molecule has 1 aliphatic rings. The molecule has 0 aromatic rings. The number of aliphatic hydroxyl groups is 1. The minimum atomic E-state index is -1.01. The number of hydrogen-bond donors (Lipinski definition) is 5. The number of carbonyl (C=O) groups is 3. The molecule has 1 rings (SSSR count). The van der Waals surface area contributed by atoms with Crippen LogP contribution >= 0.6 is 0 Å². The fourth-order valence-corrected chi connectivity index (χ4v) is 3.18. The fourth-order valence-electron chi connectivity index (χ4n) is 3.18. The average Bonchev–Trinajstić information content (AvgIpc) is 2.56. The van der Waals surface area contributed by atoms with E-state index in [9.17, 15) is 19.5 Å². The largest absolute Gasteiger partial charge is 0.393 e. The van der Waals surface area contributed by atoms with Crippen molar-refractivity contribution in [2.75, 3.05) is 19.6 Å². The van der Waals surface area contributed by atoms with Gasteiger partial charge in [0.25, 0.3) is 0 Å². The fraction of sp³-hybridized carbons (Fsp3) is 0.833. The Morgan fingerprint density at radius 1 is 1.23 bits per heavy atom. The topological polar surface area (TPSA) is 134 Å². The zero-order valence-corrected chi connectivity index (χ0v) is 16.2. The number of piperazine rings is 1. The first-order valence-corrected chi connectivity index (χ1v) is 9.34. The second-order valence-electron chi connectivity index (χ2n) is 7.63. The molecule has 26 heavy (non-hydrogen) atoms. The molecule has 0 radical (unpaired) electrons. The molecular weight excluding hydrogens is 336 g/mol. The molecule has 1 heterocycles. The van der Waals surface area contributed by atoms with E-state index in [4.69, 9.17) is 5.73 Å². The summed E-state index contributed by atoms with van der Waals surface area (Å²) in [5.41, 5.74) is 5.49. The minimum absolute atomic E-state index is 0.0213. The highest BCUT2D eigenvalue weighted by atomic mass is 16.3. The van der Waals surface area contributed by atoms with E-state index in [1.165, 1.54) is 13.8 Å². The van der Waals surface area contributed by atoms with Crippen molar-refractivity contribution in [3.05, 3.63) is 0 Å². The standard InChI is InChI=1S/C18H34N4O4/c1-10(2)5-13-8-20-9-16(21-13)17(25)6-14(11(3)23)18(26)22-15(7-19)12(4)24/h10-11,13-16,20-21,23H,5-9,19H2,1-4H3,(H,22,26)/t11-,13?,14-,15-,16?/m0/s1. The maximum atomic E-state index is 12.7. The number of rotatable bonds is 10. The van der Waals surface area contributed by atoms with E-state index in [1.807, 2.05) is 0 Å². The van der Waals surface area contributed by atoms with Gasteiger partial charge in [-0.25, -0.2) is 0 Å². The van der Waals surface area contributed by atoms with Crippen molar-refractivity contribution in [3.63, 3.8) is 0 Å². The summed E-state index contributed by atoms with van der Waals surface area (Å²) < 4.78 is 0. The van der Waals surface area contributed by atoms with Gasteiger partial charge in [0.2, 0.25) is 5.91 Å². The number of carbonyl (C=O) groups excluding carboxylic acids is 3. The molecule has 0 spiro atoms. The summed E-state index contributed by atoms with van der Waals surface area (Å²) in [7, 11) is 0. The Morgan fingerprint density at radius 2 is 1.88 bits per heavy atom. The van der Waals surface area contributed by atoms with Crippen molar-refractivity contribution in [2.24, 2.45) is 17.6 Å². The summed E-state index contributed by atoms with van der Waals surface area (Å²) in [6.45, 7) is 8.35. The molecule has 1 amide bonds. The third-order valence-corrected chi connectivity index (χ3v) is 4.70. The molecule has 0 aromatic heterocycles. The molecule has 0 bridgehead atoms. The van der Waals surface area contributed by atoms with Gasteiger partial charge in [0, 0.05) is 32.1 Å². The second-order valence-corrected chi connectivity index (χ2v) is 7.63. The Morgan fingerprint density at radius 3 is 2.38 bits per heavy atom. The van der Waals surface area contributed by atoms with Crippen molar-refractivity contribution in [3.8, 4) is 0 Å². The molecule has 1 saturated heterocycles. The van der Waals surface area contributed by atoms with Crippen molar-refractivity contribution in [1.82, 2.24) is 16.0 Å². The average molecular weight is 370 g/mol. The number of nitrogens with one attached hydrogen (secondary N) is 3. The van der Waals surface area contributed by atoms with E-state index in [0.29, 0.717) is 12.5 Å². The smallest absolute Gasteiger partial charge is 0.226 e. The number of aliphatic hydroxyl groups excluding tert-OH is 1. The number of Topliss-reactive ketones (excluding diaryl/α,β-unsaturated/α-hetero) is 2. The van der Waals surface area contributed by atoms with Gasteiger partial charge in [0.15, 0.2) is 11.6 Å². The normalized spacial score (nSPS) is 24.0. The van der Waals surface area contributed by atoms with Crippen molar-refractivity contribution in [1.29, 1.82) is 0 Å². The first kappa shape index (κ1) is 22.7. The number of nitrogens with two attached hydrogens (primary N) is 1. The molecule has 5 atom stereocenters. The highest BCUT2D eigenvalue weighted by Gasteiger charge is 2.33. The quantitative estimate of drug-likeness (QED) is 0.331. The van der Waals surface area contributed by atoms with E-state index in [2.05, 4.69) is 29.8 Å². The van der Waals surface area contributed by atoms with Crippen LogP contribution in [-0.4, -0.2) is 66.4 Å². The maximum Gasteiger partial charge on any atom is 0.226 e. The Hall–Kier alpha value is -1.35. The minimum Gasteiger partial charge on any atom is -0.393 e. The zero-order chi connectivity index (χ0) is 19.9. The second kappa shape index (κ2) is 10.7. The van der Waals surface area contributed by atoms with Crippen LogP contribution in [-0.2, 0) is 14.4 Å². The lowest BCUT2D eigenvalue weighted by atomic mass is 9.91. The number of ketones is 2. The molecule has 1 aliphatic heterocycles. The lowest BCUT2D eigenvalue weighted by Crippen LogP contribution is -2.59. The van der Waals surface area contributed by atoms with Crippen LogP contribution in [0.3, 0.4) is 0 Å². The van der Waals surface area contributed by atoms with Gasteiger partial charge in [-0.05, 0) is 26.2 Å². The lowest BCUT2D eigenvalue weighted by molar-refractivity contribution is -0.135. The zero-order valence-electron chi connectivity index (χ0n) is 16.2. The van der Waals surface area contributed by atoms with E-state index >= 15 is 0 Å². The van der Waals surface area contributed by atoms with Gasteiger partial charge >= 0.3 is 0 Å². The van der Waals surface area contributed by atoms with E-state index in [-0.39, 0.29) is 36.6 Å². The monoisotopic (exact) mass is 370 g/mol. The molecule has 8 nitrogen and oxygen atoms in total. The van der Waals surface area contributed by atoms with Gasteiger partial charge in [0.05, 0.1) is 24.1 Å². The van der Waals surface area contributed by atoms with E-state index < -0.39 is 24.0 Å². The molecule has 6 N–H and O–H groups in total. The molecule has 0 aliphatic carbocycles. The Balaban J connectivity index is 2.69. The maximum absolute atomic E-state index is 12.7.